The lowest BCUT2D eigenvalue weighted by atomic mass is 10.1. The van der Waals surface area contributed by atoms with Gasteiger partial charge in [0.1, 0.15) is 5.82 Å². The van der Waals surface area contributed by atoms with Gasteiger partial charge in [-0.3, -0.25) is 9.69 Å². The van der Waals surface area contributed by atoms with Gasteiger partial charge in [-0.1, -0.05) is 0 Å². The summed E-state index contributed by atoms with van der Waals surface area (Å²) in [5.41, 5.74) is 6.80. The van der Waals surface area contributed by atoms with Crippen LogP contribution in [0.4, 0.5) is 10.1 Å². The van der Waals surface area contributed by atoms with Crippen molar-refractivity contribution in [1.29, 1.82) is 0 Å². The standard InChI is InChI=1S/C18H27FN4O/c1-13(18(24)21-17(12-20)14-2-3-14)22-8-10-23(11-9-22)16-6-4-15(19)5-7-16/h4-7,13-14,17H,2-3,8-12,20H2,1H3,(H,21,24). The number of hydrogen-bond acceptors (Lipinski definition) is 4. The van der Waals surface area contributed by atoms with Crippen LogP contribution in [0.1, 0.15) is 19.8 Å². The van der Waals surface area contributed by atoms with Crippen molar-refractivity contribution in [2.75, 3.05) is 37.6 Å². The van der Waals surface area contributed by atoms with Crippen LogP contribution < -0.4 is 16.0 Å². The Bertz CT molecular complexity index is 553. The molecular weight excluding hydrogens is 307 g/mol. The molecule has 3 rings (SSSR count). The highest BCUT2D eigenvalue weighted by Gasteiger charge is 2.33. The molecule has 1 aliphatic carbocycles. The number of carbonyl (C=O) groups excluding carboxylic acids is 1. The van der Waals surface area contributed by atoms with Crippen LogP contribution in [0.5, 0.6) is 0 Å². The minimum Gasteiger partial charge on any atom is -0.369 e. The topological polar surface area (TPSA) is 61.6 Å². The van der Waals surface area contributed by atoms with Crippen molar-refractivity contribution in [1.82, 2.24) is 10.2 Å². The largest absolute Gasteiger partial charge is 0.369 e. The Morgan fingerprint density at radius 2 is 1.88 bits per heavy atom. The Hall–Kier alpha value is -1.66. The molecule has 2 atom stereocenters. The number of nitrogens with two attached hydrogens (primary N) is 1. The molecule has 0 radical (unpaired) electrons. The van der Waals surface area contributed by atoms with Crippen LogP contribution in [0.15, 0.2) is 24.3 Å². The predicted molar refractivity (Wildman–Crippen MR) is 93.4 cm³/mol. The van der Waals surface area contributed by atoms with E-state index in [0.29, 0.717) is 12.5 Å². The summed E-state index contributed by atoms with van der Waals surface area (Å²) in [7, 11) is 0. The van der Waals surface area contributed by atoms with E-state index in [2.05, 4.69) is 15.1 Å². The summed E-state index contributed by atoms with van der Waals surface area (Å²) < 4.78 is 13.0. The summed E-state index contributed by atoms with van der Waals surface area (Å²) in [6, 6.07) is 6.57. The van der Waals surface area contributed by atoms with Crippen LogP contribution in [0.3, 0.4) is 0 Å². The minimum atomic E-state index is -0.215. The predicted octanol–water partition coefficient (Wildman–Crippen LogP) is 1.19. The molecule has 1 aromatic carbocycles. The van der Waals surface area contributed by atoms with E-state index in [4.69, 9.17) is 5.73 Å². The van der Waals surface area contributed by atoms with Gasteiger partial charge in [0, 0.05) is 44.5 Å². The first-order chi connectivity index (χ1) is 11.6. The second kappa shape index (κ2) is 7.49. The molecule has 0 spiro atoms. The molecule has 1 aliphatic heterocycles. The first-order valence-corrected chi connectivity index (χ1v) is 8.83. The van der Waals surface area contributed by atoms with Gasteiger partial charge in [0.2, 0.25) is 5.91 Å². The fourth-order valence-corrected chi connectivity index (χ4v) is 3.36. The Kier molecular flexibility index (Phi) is 5.36. The van der Waals surface area contributed by atoms with Crippen LogP contribution in [-0.4, -0.2) is 55.6 Å². The fourth-order valence-electron chi connectivity index (χ4n) is 3.36. The molecule has 2 fully saturated rings. The highest BCUT2D eigenvalue weighted by atomic mass is 19.1. The van der Waals surface area contributed by atoms with Crippen molar-refractivity contribution >= 4 is 11.6 Å². The number of carbonyl (C=O) groups is 1. The number of nitrogens with zero attached hydrogens (tertiary/aromatic N) is 2. The highest BCUT2D eigenvalue weighted by Crippen LogP contribution is 2.32. The Balaban J connectivity index is 1.50. The maximum absolute atomic E-state index is 13.0. The number of anilines is 1. The van der Waals surface area contributed by atoms with Crippen molar-refractivity contribution in [3.05, 3.63) is 30.1 Å². The number of halogens is 1. The SMILES string of the molecule is CC(C(=O)NC(CN)C1CC1)N1CCN(c2ccc(F)cc2)CC1. The van der Waals surface area contributed by atoms with Crippen molar-refractivity contribution in [2.45, 2.75) is 31.8 Å². The first-order valence-electron chi connectivity index (χ1n) is 8.83. The Labute approximate surface area is 143 Å². The number of nitrogens with one attached hydrogen (secondary N) is 1. The summed E-state index contributed by atoms with van der Waals surface area (Å²) in [6.45, 7) is 5.80. The van der Waals surface area contributed by atoms with Crippen LogP contribution in [0.25, 0.3) is 0 Å². The lowest BCUT2D eigenvalue weighted by Gasteiger charge is -2.38. The number of amides is 1. The number of rotatable bonds is 6. The molecule has 2 unspecified atom stereocenters. The number of benzene rings is 1. The summed E-state index contributed by atoms with van der Waals surface area (Å²) in [6.07, 6.45) is 2.35. The Morgan fingerprint density at radius 1 is 1.25 bits per heavy atom. The van der Waals surface area contributed by atoms with Gasteiger partial charge in [0.05, 0.1) is 6.04 Å². The van der Waals surface area contributed by atoms with Gasteiger partial charge in [0.15, 0.2) is 0 Å². The van der Waals surface area contributed by atoms with Gasteiger partial charge in [-0.2, -0.15) is 0 Å². The van der Waals surface area contributed by atoms with Crippen LogP contribution in [-0.2, 0) is 4.79 Å². The monoisotopic (exact) mass is 334 g/mol. The molecular formula is C18H27FN4O. The summed E-state index contributed by atoms with van der Waals surface area (Å²) >= 11 is 0. The van der Waals surface area contributed by atoms with Crippen molar-refractivity contribution in [3.8, 4) is 0 Å². The third kappa shape index (κ3) is 4.05. The van der Waals surface area contributed by atoms with E-state index in [1.165, 1.54) is 25.0 Å². The molecule has 5 nitrogen and oxygen atoms in total. The molecule has 1 aromatic rings. The van der Waals surface area contributed by atoms with Crippen LogP contribution >= 0.6 is 0 Å². The quantitative estimate of drug-likeness (QED) is 0.820. The number of piperazine rings is 1. The van der Waals surface area contributed by atoms with E-state index in [-0.39, 0.29) is 23.8 Å². The summed E-state index contributed by atoms with van der Waals surface area (Å²) in [4.78, 5) is 16.9. The van der Waals surface area contributed by atoms with Gasteiger partial charge in [-0.15, -0.1) is 0 Å². The first kappa shape index (κ1) is 17.2. The second-order valence-corrected chi connectivity index (χ2v) is 6.86. The van der Waals surface area contributed by atoms with Crippen molar-refractivity contribution in [2.24, 2.45) is 11.7 Å². The van der Waals surface area contributed by atoms with Crippen molar-refractivity contribution < 1.29 is 9.18 Å². The average molecular weight is 334 g/mol. The van der Waals surface area contributed by atoms with E-state index in [9.17, 15) is 9.18 Å². The minimum absolute atomic E-state index is 0.0765. The molecule has 1 saturated heterocycles. The molecule has 2 aliphatic rings. The lowest BCUT2D eigenvalue weighted by molar-refractivity contribution is -0.126. The highest BCUT2D eigenvalue weighted by molar-refractivity contribution is 5.81. The van der Waals surface area contributed by atoms with E-state index < -0.39 is 0 Å². The average Bonchev–Trinajstić information content (AvgIpc) is 3.44. The zero-order valence-electron chi connectivity index (χ0n) is 14.2. The fraction of sp³-hybridized carbons (Fsp3) is 0.611. The van der Waals surface area contributed by atoms with E-state index in [0.717, 1.165) is 31.9 Å². The van der Waals surface area contributed by atoms with Gasteiger partial charge in [-0.25, -0.2) is 4.39 Å². The maximum atomic E-state index is 13.0. The second-order valence-electron chi connectivity index (χ2n) is 6.86. The van der Waals surface area contributed by atoms with Crippen molar-refractivity contribution in [3.63, 3.8) is 0 Å². The third-order valence-electron chi connectivity index (χ3n) is 5.21. The smallest absolute Gasteiger partial charge is 0.237 e. The van der Waals surface area contributed by atoms with Crippen LogP contribution in [0.2, 0.25) is 0 Å². The molecule has 24 heavy (non-hydrogen) atoms. The molecule has 1 saturated carbocycles. The van der Waals surface area contributed by atoms with Gasteiger partial charge < -0.3 is 16.0 Å². The number of hydrogen-bond donors (Lipinski definition) is 2. The molecule has 1 heterocycles. The summed E-state index contributed by atoms with van der Waals surface area (Å²) in [5, 5.41) is 3.11. The van der Waals surface area contributed by atoms with Gasteiger partial charge >= 0.3 is 0 Å². The normalized spacial score (nSPS) is 21.4. The van der Waals surface area contributed by atoms with E-state index in [1.54, 1.807) is 0 Å². The van der Waals surface area contributed by atoms with E-state index >= 15 is 0 Å². The molecule has 6 heteroatoms. The third-order valence-corrected chi connectivity index (χ3v) is 5.21. The molecule has 0 bridgehead atoms. The molecule has 3 N–H and O–H groups in total. The zero-order valence-corrected chi connectivity index (χ0v) is 14.2. The van der Waals surface area contributed by atoms with Gasteiger partial charge in [0.25, 0.3) is 0 Å². The van der Waals surface area contributed by atoms with Crippen LogP contribution in [0, 0.1) is 11.7 Å². The molecule has 132 valence electrons. The lowest BCUT2D eigenvalue weighted by Crippen LogP contribution is -2.56. The zero-order chi connectivity index (χ0) is 17.1. The summed E-state index contributed by atoms with van der Waals surface area (Å²) in [5.74, 6) is 0.432. The maximum Gasteiger partial charge on any atom is 0.237 e. The Morgan fingerprint density at radius 3 is 2.42 bits per heavy atom. The van der Waals surface area contributed by atoms with E-state index in [1.807, 2.05) is 19.1 Å². The van der Waals surface area contributed by atoms with Gasteiger partial charge in [-0.05, 0) is 49.9 Å². The molecule has 1 amide bonds. The molecule has 0 aromatic heterocycles.